The van der Waals surface area contributed by atoms with E-state index in [1.165, 1.54) is 18.6 Å². The maximum absolute atomic E-state index is 12.0. The quantitative estimate of drug-likeness (QED) is 0.705. The zero-order valence-corrected chi connectivity index (χ0v) is 12.8. The van der Waals surface area contributed by atoms with E-state index in [9.17, 15) is 18.0 Å². The molecular formula is C11H16N2O5S2. The van der Waals surface area contributed by atoms with Crippen molar-refractivity contribution < 1.29 is 22.7 Å². The van der Waals surface area contributed by atoms with Crippen molar-refractivity contribution >= 4 is 33.2 Å². The van der Waals surface area contributed by atoms with Crippen LogP contribution < -0.4 is 10.0 Å². The molecular weight excluding hydrogens is 304 g/mol. The summed E-state index contributed by atoms with van der Waals surface area (Å²) >= 11 is 0.963. The number of carbonyl (C=O) groups is 2. The van der Waals surface area contributed by atoms with Gasteiger partial charge < -0.3 is 10.1 Å². The molecule has 0 atom stereocenters. The smallest absolute Gasteiger partial charge is 0.349 e. The summed E-state index contributed by atoms with van der Waals surface area (Å²) in [4.78, 5) is 22.6. The lowest BCUT2D eigenvalue weighted by atomic mass is 10.5. The van der Waals surface area contributed by atoms with Gasteiger partial charge in [-0.05, 0) is 17.9 Å². The summed E-state index contributed by atoms with van der Waals surface area (Å²) < 4.78 is 30.7. The molecule has 9 heteroatoms. The van der Waals surface area contributed by atoms with Crippen molar-refractivity contribution in [2.24, 2.45) is 0 Å². The van der Waals surface area contributed by atoms with Crippen LogP contribution in [-0.2, 0) is 19.6 Å². The van der Waals surface area contributed by atoms with Gasteiger partial charge in [0.1, 0.15) is 9.77 Å². The third-order valence-corrected chi connectivity index (χ3v) is 4.75. The van der Waals surface area contributed by atoms with Gasteiger partial charge in [-0.25, -0.2) is 17.9 Å². The highest BCUT2D eigenvalue weighted by Gasteiger charge is 2.24. The van der Waals surface area contributed by atoms with E-state index in [0.29, 0.717) is 6.54 Å². The van der Waals surface area contributed by atoms with Gasteiger partial charge in [-0.2, -0.15) is 0 Å². The molecule has 1 rings (SSSR count). The van der Waals surface area contributed by atoms with Gasteiger partial charge in [0.15, 0.2) is 0 Å². The highest BCUT2D eigenvalue weighted by Crippen LogP contribution is 2.22. The van der Waals surface area contributed by atoms with Gasteiger partial charge in [-0.1, -0.05) is 6.92 Å². The monoisotopic (exact) mass is 320 g/mol. The van der Waals surface area contributed by atoms with Gasteiger partial charge in [-0.15, -0.1) is 11.3 Å². The summed E-state index contributed by atoms with van der Waals surface area (Å²) in [5.74, 6) is -1.15. The zero-order valence-electron chi connectivity index (χ0n) is 11.1. The molecule has 20 heavy (non-hydrogen) atoms. The van der Waals surface area contributed by atoms with E-state index in [4.69, 9.17) is 0 Å². The molecule has 0 saturated carbocycles. The summed E-state index contributed by atoms with van der Waals surface area (Å²) in [6.45, 7) is 1.99. The van der Waals surface area contributed by atoms with E-state index in [-0.39, 0.29) is 16.3 Å². The van der Waals surface area contributed by atoms with Gasteiger partial charge in [0.05, 0.1) is 13.7 Å². The fourth-order valence-corrected chi connectivity index (χ4v) is 3.63. The molecule has 1 amide bonds. The van der Waals surface area contributed by atoms with Crippen LogP contribution in [0.1, 0.15) is 23.0 Å². The summed E-state index contributed by atoms with van der Waals surface area (Å²) in [5.41, 5.74) is 0. The molecule has 2 N–H and O–H groups in total. The fraction of sp³-hybridized carbons (Fsp3) is 0.455. The Bertz CT molecular complexity index is 579. The third kappa shape index (κ3) is 4.29. The SMILES string of the molecule is CCCNC(=O)CNS(=O)(=O)c1ccsc1C(=O)OC. The minimum Gasteiger partial charge on any atom is -0.465 e. The van der Waals surface area contributed by atoms with E-state index < -0.39 is 21.9 Å². The molecule has 1 heterocycles. The van der Waals surface area contributed by atoms with Gasteiger partial charge >= 0.3 is 5.97 Å². The number of sulfonamides is 1. The molecule has 0 spiro atoms. The predicted octanol–water partition coefficient (Wildman–Crippen LogP) is 0.339. The summed E-state index contributed by atoms with van der Waals surface area (Å²) in [6, 6.07) is 1.29. The van der Waals surface area contributed by atoms with Gasteiger partial charge in [0.25, 0.3) is 0 Å². The lowest BCUT2D eigenvalue weighted by molar-refractivity contribution is -0.119. The van der Waals surface area contributed by atoms with Crippen molar-refractivity contribution in [2.45, 2.75) is 18.2 Å². The Hall–Kier alpha value is -1.45. The van der Waals surface area contributed by atoms with Crippen LogP contribution in [0.25, 0.3) is 0 Å². The highest BCUT2D eigenvalue weighted by molar-refractivity contribution is 7.89. The number of esters is 1. The second-order valence-electron chi connectivity index (χ2n) is 3.78. The summed E-state index contributed by atoms with van der Waals surface area (Å²) in [5, 5.41) is 4.01. The molecule has 1 aromatic heterocycles. The second-order valence-corrected chi connectivity index (χ2v) is 6.43. The first kappa shape index (κ1) is 16.6. The molecule has 7 nitrogen and oxygen atoms in total. The Labute approximate surface area is 121 Å². The number of amides is 1. The Balaban J connectivity index is 2.77. The second kappa shape index (κ2) is 7.36. The van der Waals surface area contributed by atoms with Crippen molar-refractivity contribution in [3.8, 4) is 0 Å². The maximum Gasteiger partial charge on any atom is 0.349 e. The van der Waals surface area contributed by atoms with Gasteiger partial charge in [0.2, 0.25) is 15.9 Å². The number of nitrogens with one attached hydrogen (secondary N) is 2. The predicted molar refractivity (Wildman–Crippen MR) is 74.1 cm³/mol. The van der Waals surface area contributed by atoms with E-state index in [1.807, 2.05) is 6.92 Å². The lowest BCUT2D eigenvalue weighted by Crippen LogP contribution is -2.37. The normalized spacial score (nSPS) is 11.1. The van der Waals surface area contributed by atoms with E-state index in [0.717, 1.165) is 17.8 Å². The average molecular weight is 320 g/mol. The Kier molecular flexibility index (Phi) is 6.11. The van der Waals surface area contributed by atoms with Crippen LogP contribution in [-0.4, -0.2) is 40.5 Å². The van der Waals surface area contributed by atoms with Gasteiger partial charge in [0, 0.05) is 6.54 Å². The third-order valence-electron chi connectivity index (χ3n) is 2.28. The molecule has 0 fully saturated rings. The van der Waals surface area contributed by atoms with Crippen LogP contribution >= 0.6 is 11.3 Å². The van der Waals surface area contributed by atoms with Crippen molar-refractivity contribution in [1.29, 1.82) is 0 Å². The Morgan fingerprint density at radius 2 is 2.10 bits per heavy atom. The molecule has 0 bridgehead atoms. The first-order chi connectivity index (χ1) is 9.42. The topological polar surface area (TPSA) is 102 Å². The lowest BCUT2D eigenvalue weighted by Gasteiger charge is -2.07. The fourth-order valence-electron chi connectivity index (χ4n) is 1.32. The van der Waals surface area contributed by atoms with Crippen LogP contribution in [0.4, 0.5) is 0 Å². The largest absolute Gasteiger partial charge is 0.465 e. The van der Waals surface area contributed by atoms with E-state index in [2.05, 4.69) is 14.8 Å². The number of hydrogen-bond donors (Lipinski definition) is 2. The van der Waals surface area contributed by atoms with E-state index >= 15 is 0 Å². The minimum atomic E-state index is -3.92. The maximum atomic E-state index is 12.0. The van der Waals surface area contributed by atoms with Crippen LogP contribution in [0.2, 0.25) is 0 Å². The molecule has 0 radical (unpaired) electrons. The molecule has 0 aliphatic carbocycles. The summed E-state index contributed by atoms with van der Waals surface area (Å²) in [6.07, 6.45) is 0.759. The number of thiophene rings is 1. The molecule has 112 valence electrons. The van der Waals surface area contributed by atoms with Crippen molar-refractivity contribution in [2.75, 3.05) is 20.2 Å². The van der Waals surface area contributed by atoms with Crippen molar-refractivity contribution in [1.82, 2.24) is 10.0 Å². The van der Waals surface area contributed by atoms with Crippen LogP contribution in [0.3, 0.4) is 0 Å². The van der Waals surface area contributed by atoms with E-state index in [1.54, 1.807) is 0 Å². The van der Waals surface area contributed by atoms with Crippen LogP contribution in [0, 0.1) is 0 Å². The zero-order chi connectivity index (χ0) is 15.2. The molecule has 0 aliphatic heterocycles. The van der Waals surface area contributed by atoms with Crippen molar-refractivity contribution in [3.05, 3.63) is 16.3 Å². The van der Waals surface area contributed by atoms with Crippen LogP contribution in [0.15, 0.2) is 16.3 Å². The minimum absolute atomic E-state index is 0.0195. The molecule has 0 aromatic carbocycles. The number of methoxy groups -OCH3 is 1. The highest BCUT2D eigenvalue weighted by atomic mass is 32.2. The Morgan fingerprint density at radius 3 is 2.70 bits per heavy atom. The Morgan fingerprint density at radius 1 is 1.40 bits per heavy atom. The first-order valence-corrected chi connectivity index (χ1v) is 8.20. The first-order valence-electron chi connectivity index (χ1n) is 5.84. The van der Waals surface area contributed by atoms with Crippen LogP contribution in [0.5, 0.6) is 0 Å². The summed E-state index contributed by atoms with van der Waals surface area (Å²) in [7, 11) is -2.75. The molecule has 1 aromatic rings. The molecule has 0 unspecified atom stereocenters. The van der Waals surface area contributed by atoms with Gasteiger partial charge in [-0.3, -0.25) is 4.79 Å². The molecule has 0 aliphatic rings. The number of rotatable bonds is 7. The van der Waals surface area contributed by atoms with Crippen molar-refractivity contribution in [3.63, 3.8) is 0 Å². The number of hydrogen-bond acceptors (Lipinski definition) is 6. The molecule has 0 saturated heterocycles. The standard InChI is InChI=1S/C11H16N2O5S2/c1-3-5-12-9(14)7-13-20(16,17)8-4-6-19-10(8)11(15)18-2/h4,6,13H,3,5,7H2,1-2H3,(H,12,14). The average Bonchev–Trinajstić information content (AvgIpc) is 2.92. The number of ether oxygens (including phenoxy) is 1. The number of carbonyl (C=O) groups excluding carboxylic acids is 2.